The van der Waals surface area contributed by atoms with Crippen LogP contribution in [0.4, 0.5) is 5.69 Å². The fourth-order valence-electron chi connectivity index (χ4n) is 2.26. The zero-order chi connectivity index (χ0) is 14.7. The van der Waals surface area contributed by atoms with E-state index in [1.165, 1.54) is 0 Å². The van der Waals surface area contributed by atoms with E-state index in [1.54, 1.807) is 13.3 Å². The molecule has 2 aromatic carbocycles. The maximum absolute atomic E-state index is 6.14. The van der Waals surface area contributed by atoms with Gasteiger partial charge in [0.05, 0.1) is 23.3 Å². The van der Waals surface area contributed by atoms with Gasteiger partial charge in [-0.2, -0.15) is 0 Å². The van der Waals surface area contributed by atoms with Gasteiger partial charge in [0.2, 0.25) is 0 Å². The Morgan fingerprint density at radius 2 is 2.00 bits per heavy atom. The van der Waals surface area contributed by atoms with Crippen LogP contribution in [0.2, 0.25) is 5.02 Å². The molecule has 106 valence electrons. The molecule has 0 aliphatic heterocycles. The second-order valence-corrected chi connectivity index (χ2v) is 5.11. The van der Waals surface area contributed by atoms with Crippen molar-refractivity contribution in [3.8, 4) is 5.75 Å². The number of hydrogen-bond donors (Lipinski definition) is 1. The van der Waals surface area contributed by atoms with Crippen LogP contribution in [0.25, 0.3) is 10.9 Å². The molecule has 0 radical (unpaired) electrons. The summed E-state index contributed by atoms with van der Waals surface area (Å²) >= 11 is 6.14. The number of hydrogen-bond acceptors (Lipinski definition) is 3. The van der Waals surface area contributed by atoms with Crippen molar-refractivity contribution >= 4 is 28.2 Å². The largest absolute Gasteiger partial charge is 0.495 e. The monoisotopic (exact) mass is 298 g/mol. The lowest BCUT2D eigenvalue weighted by Crippen LogP contribution is -2.00. The number of aromatic nitrogens is 1. The summed E-state index contributed by atoms with van der Waals surface area (Å²) < 4.78 is 5.16. The molecule has 0 amide bonds. The minimum absolute atomic E-state index is 0.618. The van der Waals surface area contributed by atoms with E-state index in [0.717, 1.165) is 22.2 Å². The number of fused-ring (bicyclic) bond motifs is 1. The Hall–Kier alpha value is -2.26. The van der Waals surface area contributed by atoms with Crippen LogP contribution in [0.3, 0.4) is 0 Å². The first-order valence-corrected chi connectivity index (χ1v) is 7.06. The van der Waals surface area contributed by atoms with Crippen molar-refractivity contribution in [1.82, 2.24) is 4.98 Å². The quantitative estimate of drug-likeness (QED) is 0.769. The Kier molecular flexibility index (Phi) is 3.93. The highest BCUT2D eigenvalue weighted by Gasteiger charge is 2.04. The molecule has 0 unspecified atom stereocenters. The van der Waals surface area contributed by atoms with Gasteiger partial charge in [-0.05, 0) is 29.8 Å². The van der Waals surface area contributed by atoms with E-state index in [4.69, 9.17) is 16.3 Å². The summed E-state index contributed by atoms with van der Waals surface area (Å²) in [4.78, 5) is 4.43. The molecule has 4 heteroatoms. The average Bonchev–Trinajstić information content (AvgIpc) is 2.53. The lowest BCUT2D eigenvalue weighted by Gasteiger charge is -2.10. The number of methoxy groups -OCH3 is 1. The number of para-hydroxylation sites is 1. The molecule has 0 spiro atoms. The highest BCUT2D eigenvalue weighted by Crippen LogP contribution is 2.26. The van der Waals surface area contributed by atoms with Crippen LogP contribution in [0.5, 0.6) is 5.75 Å². The predicted molar refractivity (Wildman–Crippen MR) is 87.1 cm³/mol. The van der Waals surface area contributed by atoms with Crippen molar-refractivity contribution in [3.63, 3.8) is 0 Å². The van der Waals surface area contributed by atoms with E-state index in [0.29, 0.717) is 17.3 Å². The van der Waals surface area contributed by atoms with Gasteiger partial charge in [-0.3, -0.25) is 4.98 Å². The third kappa shape index (κ3) is 2.93. The van der Waals surface area contributed by atoms with Crippen molar-refractivity contribution in [1.29, 1.82) is 0 Å². The molecule has 1 heterocycles. The van der Waals surface area contributed by atoms with E-state index in [1.807, 2.05) is 36.4 Å². The molecular weight excluding hydrogens is 284 g/mol. The smallest absolute Gasteiger partial charge is 0.137 e. The maximum atomic E-state index is 6.14. The second kappa shape index (κ2) is 6.02. The Bertz CT molecular complexity index is 768. The fraction of sp³-hybridized carbons (Fsp3) is 0.118. The fourth-order valence-corrected chi connectivity index (χ4v) is 2.54. The lowest BCUT2D eigenvalue weighted by atomic mass is 10.1. The van der Waals surface area contributed by atoms with Crippen LogP contribution in [0, 0.1) is 0 Å². The first-order chi connectivity index (χ1) is 10.3. The SMILES string of the molecule is COc1ccc(CNc2cccc3cccnc23)cc1Cl. The van der Waals surface area contributed by atoms with Crippen LogP contribution >= 0.6 is 11.6 Å². The topological polar surface area (TPSA) is 34.1 Å². The van der Waals surface area contributed by atoms with Gasteiger partial charge in [0.25, 0.3) is 0 Å². The summed E-state index contributed by atoms with van der Waals surface area (Å²) in [6, 6.07) is 15.9. The summed E-state index contributed by atoms with van der Waals surface area (Å²) in [6.07, 6.45) is 1.80. The normalized spacial score (nSPS) is 10.6. The molecule has 1 aromatic heterocycles. The number of rotatable bonds is 4. The van der Waals surface area contributed by atoms with Crippen molar-refractivity contribution in [2.24, 2.45) is 0 Å². The standard InChI is InChI=1S/C17H15ClN2O/c1-21-16-8-7-12(10-14(16)18)11-20-15-6-2-4-13-5-3-9-19-17(13)15/h2-10,20H,11H2,1H3. The minimum Gasteiger partial charge on any atom is -0.495 e. The summed E-state index contributed by atoms with van der Waals surface area (Å²) in [5, 5.41) is 5.15. The summed E-state index contributed by atoms with van der Waals surface area (Å²) in [5.74, 6) is 0.687. The van der Waals surface area contributed by atoms with E-state index in [-0.39, 0.29) is 0 Å². The number of ether oxygens (including phenoxy) is 1. The van der Waals surface area contributed by atoms with Crippen molar-refractivity contribution in [2.75, 3.05) is 12.4 Å². The van der Waals surface area contributed by atoms with Gasteiger partial charge in [-0.1, -0.05) is 35.9 Å². The van der Waals surface area contributed by atoms with Gasteiger partial charge in [0.1, 0.15) is 5.75 Å². The molecule has 0 bridgehead atoms. The molecule has 3 aromatic rings. The molecule has 3 rings (SSSR count). The molecule has 0 aliphatic rings. The Labute approximate surface area is 128 Å². The molecular formula is C17H15ClN2O. The van der Waals surface area contributed by atoms with E-state index < -0.39 is 0 Å². The first-order valence-electron chi connectivity index (χ1n) is 6.68. The van der Waals surface area contributed by atoms with E-state index in [2.05, 4.69) is 22.4 Å². The maximum Gasteiger partial charge on any atom is 0.137 e. The predicted octanol–water partition coefficient (Wildman–Crippen LogP) is 4.51. The molecule has 0 saturated heterocycles. The number of nitrogens with one attached hydrogen (secondary N) is 1. The second-order valence-electron chi connectivity index (χ2n) is 4.70. The molecule has 1 N–H and O–H groups in total. The number of benzene rings is 2. The highest BCUT2D eigenvalue weighted by molar-refractivity contribution is 6.32. The van der Waals surface area contributed by atoms with Crippen LogP contribution in [-0.2, 0) is 6.54 Å². The zero-order valence-corrected chi connectivity index (χ0v) is 12.4. The Morgan fingerprint density at radius 3 is 2.81 bits per heavy atom. The van der Waals surface area contributed by atoms with Gasteiger partial charge < -0.3 is 10.1 Å². The van der Waals surface area contributed by atoms with Crippen molar-refractivity contribution < 1.29 is 4.74 Å². The molecule has 21 heavy (non-hydrogen) atoms. The Balaban J connectivity index is 1.82. The third-order valence-corrected chi connectivity index (χ3v) is 3.63. The summed E-state index contributed by atoms with van der Waals surface area (Å²) in [6.45, 7) is 0.680. The first kappa shape index (κ1) is 13.7. The number of nitrogens with zero attached hydrogens (tertiary/aromatic N) is 1. The van der Waals surface area contributed by atoms with Crippen LogP contribution in [-0.4, -0.2) is 12.1 Å². The van der Waals surface area contributed by atoms with Crippen molar-refractivity contribution in [2.45, 2.75) is 6.54 Å². The minimum atomic E-state index is 0.618. The summed E-state index contributed by atoms with van der Waals surface area (Å²) in [5.41, 5.74) is 3.08. The van der Waals surface area contributed by atoms with Crippen LogP contribution in [0.1, 0.15) is 5.56 Å². The van der Waals surface area contributed by atoms with Crippen LogP contribution < -0.4 is 10.1 Å². The molecule has 3 nitrogen and oxygen atoms in total. The van der Waals surface area contributed by atoms with Gasteiger partial charge in [-0.15, -0.1) is 0 Å². The summed E-state index contributed by atoms with van der Waals surface area (Å²) in [7, 11) is 1.61. The Morgan fingerprint density at radius 1 is 1.14 bits per heavy atom. The lowest BCUT2D eigenvalue weighted by molar-refractivity contribution is 0.415. The highest BCUT2D eigenvalue weighted by atomic mass is 35.5. The van der Waals surface area contributed by atoms with E-state index >= 15 is 0 Å². The van der Waals surface area contributed by atoms with E-state index in [9.17, 15) is 0 Å². The average molecular weight is 299 g/mol. The van der Waals surface area contributed by atoms with Gasteiger partial charge in [0, 0.05) is 18.1 Å². The van der Waals surface area contributed by atoms with Crippen molar-refractivity contribution in [3.05, 3.63) is 65.3 Å². The number of pyridine rings is 1. The van der Waals surface area contributed by atoms with Gasteiger partial charge >= 0.3 is 0 Å². The third-order valence-electron chi connectivity index (χ3n) is 3.33. The molecule has 0 atom stereocenters. The van der Waals surface area contributed by atoms with Crippen LogP contribution in [0.15, 0.2) is 54.7 Å². The number of halogens is 1. The van der Waals surface area contributed by atoms with Gasteiger partial charge in [-0.25, -0.2) is 0 Å². The molecule has 0 saturated carbocycles. The number of anilines is 1. The van der Waals surface area contributed by atoms with Gasteiger partial charge in [0.15, 0.2) is 0 Å². The molecule has 0 fully saturated rings. The molecule has 0 aliphatic carbocycles. The zero-order valence-electron chi connectivity index (χ0n) is 11.6.